The molecule has 34 heavy (non-hydrogen) atoms. The molecule has 2 aliphatic heterocycles. The van der Waals surface area contributed by atoms with Crippen molar-refractivity contribution < 1.29 is 14.3 Å². The molecule has 0 saturated carbocycles. The molecule has 4 heteroatoms. The van der Waals surface area contributed by atoms with Crippen LogP contribution in [-0.4, -0.2) is 49.3 Å². The van der Waals surface area contributed by atoms with Crippen molar-refractivity contribution in [3.8, 4) is 0 Å². The number of likely N-dealkylation sites (tertiary alicyclic amines) is 1. The first-order chi connectivity index (χ1) is 16.6. The van der Waals surface area contributed by atoms with E-state index in [0.717, 1.165) is 38.2 Å². The average molecular weight is 478 g/mol. The highest BCUT2D eigenvalue weighted by Gasteiger charge is 2.34. The summed E-state index contributed by atoms with van der Waals surface area (Å²) in [6.07, 6.45) is 24.1. The minimum atomic E-state index is -0.369. The van der Waals surface area contributed by atoms with E-state index in [4.69, 9.17) is 9.47 Å². The van der Waals surface area contributed by atoms with Crippen LogP contribution in [0.15, 0.2) is 11.6 Å². The molecule has 0 bridgehead atoms. The Kier molecular flexibility index (Phi) is 16.1. The van der Waals surface area contributed by atoms with Crippen LogP contribution in [0.3, 0.4) is 0 Å². The van der Waals surface area contributed by atoms with Gasteiger partial charge in [-0.3, -0.25) is 9.69 Å². The fourth-order valence-electron chi connectivity index (χ4n) is 5.21. The van der Waals surface area contributed by atoms with Gasteiger partial charge in [0.05, 0.1) is 6.61 Å². The van der Waals surface area contributed by atoms with Crippen molar-refractivity contribution in [2.45, 2.75) is 142 Å². The highest BCUT2D eigenvalue weighted by molar-refractivity contribution is 6.00. The van der Waals surface area contributed by atoms with Gasteiger partial charge in [0.25, 0.3) is 0 Å². The Morgan fingerprint density at radius 2 is 1.38 bits per heavy atom. The minimum Gasteiger partial charge on any atom is -0.349 e. The van der Waals surface area contributed by atoms with Gasteiger partial charge >= 0.3 is 0 Å². The number of carbonyl (C=O) groups excluding carboxylic acids is 1. The van der Waals surface area contributed by atoms with Gasteiger partial charge in [0.2, 0.25) is 0 Å². The van der Waals surface area contributed by atoms with Gasteiger partial charge in [0.15, 0.2) is 12.1 Å². The molecule has 2 rings (SSSR count). The molecule has 0 aromatic heterocycles. The van der Waals surface area contributed by atoms with Gasteiger partial charge in [-0.05, 0) is 44.3 Å². The van der Waals surface area contributed by atoms with Crippen LogP contribution in [0.4, 0.5) is 0 Å². The Hall–Kier alpha value is -0.710. The number of rotatable bonds is 19. The number of ether oxygens (including phenoxy) is 2. The molecule has 4 nitrogen and oxygen atoms in total. The van der Waals surface area contributed by atoms with E-state index in [-0.39, 0.29) is 24.1 Å². The number of ketones is 1. The summed E-state index contributed by atoms with van der Waals surface area (Å²) in [7, 11) is 0. The molecule has 0 N–H and O–H groups in total. The normalized spacial score (nSPS) is 21.9. The van der Waals surface area contributed by atoms with Crippen molar-refractivity contribution in [3.63, 3.8) is 0 Å². The van der Waals surface area contributed by atoms with Gasteiger partial charge in [-0.25, -0.2) is 0 Å². The highest BCUT2D eigenvalue weighted by atomic mass is 16.7. The van der Waals surface area contributed by atoms with Gasteiger partial charge in [0, 0.05) is 12.1 Å². The first kappa shape index (κ1) is 29.5. The van der Waals surface area contributed by atoms with Crippen LogP contribution in [0.5, 0.6) is 0 Å². The Morgan fingerprint density at radius 3 is 1.91 bits per heavy atom. The summed E-state index contributed by atoms with van der Waals surface area (Å²) in [5.41, 5.74) is 0.901. The molecule has 1 saturated heterocycles. The van der Waals surface area contributed by atoms with Gasteiger partial charge < -0.3 is 9.47 Å². The molecular weight excluding hydrogens is 422 g/mol. The second-order valence-corrected chi connectivity index (χ2v) is 11.0. The predicted molar refractivity (Wildman–Crippen MR) is 143 cm³/mol. The van der Waals surface area contributed by atoms with E-state index in [1.807, 2.05) is 6.08 Å². The zero-order valence-electron chi connectivity index (χ0n) is 22.8. The minimum absolute atomic E-state index is 0.164. The van der Waals surface area contributed by atoms with Gasteiger partial charge in [0.1, 0.15) is 6.10 Å². The smallest absolute Gasteiger partial charge is 0.189 e. The second kappa shape index (κ2) is 18.5. The molecule has 1 fully saturated rings. The molecule has 198 valence electrons. The maximum absolute atomic E-state index is 12.9. The van der Waals surface area contributed by atoms with Crippen LogP contribution in [0.2, 0.25) is 0 Å². The van der Waals surface area contributed by atoms with Crippen LogP contribution in [0.25, 0.3) is 0 Å². The molecule has 2 heterocycles. The van der Waals surface area contributed by atoms with Crippen LogP contribution in [0.1, 0.15) is 130 Å². The number of Topliss-reactive ketones (excluding diaryl/α,β-unsaturated/α-hetero) is 1. The molecule has 2 unspecified atom stereocenters. The summed E-state index contributed by atoms with van der Waals surface area (Å²) in [6, 6.07) is 0. The molecule has 2 aliphatic rings. The van der Waals surface area contributed by atoms with Crippen molar-refractivity contribution in [1.29, 1.82) is 0 Å². The van der Waals surface area contributed by atoms with Crippen molar-refractivity contribution in [1.82, 2.24) is 4.90 Å². The van der Waals surface area contributed by atoms with Gasteiger partial charge in [-0.1, -0.05) is 111 Å². The maximum atomic E-state index is 12.9. The fraction of sp³-hybridized carbons (Fsp3) is 0.900. The van der Waals surface area contributed by atoms with E-state index >= 15 is 0 Å². The molecule has 2 atom stereocenters. The number of hydrogen-bond acceptors (Lipinski definition) is 4. The van der Waals surface area contributed by atoms with E-state index in [1.54, 1.807) is 0 Å². The van der Waals surface area contributed by atoms with Crippen LogP contribution in [-0.2, 0) is 14.3 Å². The lowest BCUT2D eigenvalue weighted by Crippen LogP contribution is -2.43. The van der Waals surface area contributed by atoms with Crippen LogP contribution in [0, 0.1) is 5.92 Å². The number of unbranched alkanes of at least 4 members (excludes halogenated alkanes) is 13. The van der Waals surface area contributed by atoms with Crippen LogP contribution < -0.4 is 0 Å². The quantitative estimate of drug-likeness (QED) is 0.178. The first-order valence-electron chi connectivity index (χ1n) is 14.9. The summed E-state index contributed by atoms with van der Waals surface area (Å²) in [4.78, 5) is 15.3. The Bertz CT molecular complexity index is 553. The zero-order chi connectivity index (χ0) is 24.4. The van der Waals surface area contributed by atoms with E-state index in [9.17, 15) is 4.79 Å². The molecule has 0 amide bonds. The van der Waals surface area contributed by atoms with E-state index < -0.39 is 0 Å². The lowest BCUT2D eigenvalue weighted by atomic mass is 9.94. The summed E-state index contributed by atoms with van der Waals surface area (Å²) >= 11 is 0. The van der Waals surface area contributed by atoms with E-state index in [1.165, 1.54) is 103 Å². The molecule has 0 radical (unpaired) electrons. The summed E-state index contributed by atoms with van der Waals surface area (Å²) in [5.74, 6) is 0.335. The fourth-order valence-corrected chi connectivity index (χ4v) is 5.21. The maximum Gasteiger partial charge on any atom is 0.189 e. The molecule has 0 aromatic rings. The third-order valence-corrected chi connectivity index (χ3v) is 7.42. The predicted octanol–water partition coefficient (Wildman–Crippen LogP) is 7.85. The number of carbonyl (C=O) groups is 1. The number of piperidine rings is 1. The lowest BCUT2D eigenvalue weighted by Gasteiger charge is -2.33. The highest BCUT2D eigenvalue weighted by Crippen LogP contribution is 2.24. The van der Waals surface area contributed by atoms with Crippen molar-refractivity contribution >= 4 is 5.78 Å². The van der Waals surface area contributed by atoms with Gasteiger partial charge in [-0.2, -0.15) is 0 Å². The Morgan fingerprint density at radius 1 is 0.853 bits per heavy atom. The van der Waals surface area contributed by atoms with Gasteiger partial charge in [-0.15, -0.1) is 0 Å². The summed E-state index contributed by atoms with van der Waals surface area (Å²) in [5, 5.41) is 0. The monoisotopic (exact) mass is 477 g/mol. The van der Waals surface area contributed by atoms with Crippen molar-refractivity contribution in [2.75, 3.05) is 26.2 Å². The van der Waals surface area contributed by atoms with Crippen molar-refractivity contribution in [2.24, 2.45) is 5.92 Å². The first-order valence-corrected chi connectivity index (χ1v) is 14.9. The van der Waals surface area contributed by atoms with E-state index in [2.05, 4.69) is 25.7 Å². The summed E-state index contributed by atoms with van der Waals surface area (Å²) < 4.78 is 12.1. The van der Waals surface area contributed by atoms with Crippen LogP contribution >= 0.6 is 0 Å². The largest absolute Gasteiger partial charge is 0.349 e. The standard InChI is InChI=1S/C30H55NO3/c1-4-5-6-7-8-9-10-11-12-13-14-15-16-20-23-33-28-24-27(25-31-21-18-17-19-22-31)29(32)30(34-28)26(2)3/h24,26,28,30H,4-23,25H2,1-3H3. The van der Waals surface area contributed by atoms with Crippen molar-refractivity contribution in [3.05, 3.63) is 11.6 Å². The molecule has 0 spiro atoms. The SMILES string of the molecule is CCCCCCCCCCCCCCCCOC1C=C(CN2CCCCC2)C(=O)C(C(C)C)O1. The zero-order valence-corrected chi connectivity index (χ0v) is 22.8. The Balaban J connectivity index is 1.54. The summed E-state index contributed by atoms with van der Waals surface area (Å²) in [6.45, 7) is 10.1. The topological polar surface area (TPSA) is 38.8 Å². The molecule has 0 aliphatic carbocycles. The Labute approximate surface area is 211 Å². The second-order valence-electron chi connectivity index (χ2n) is 11.0. The lowest BCUT2D eigenvalue weighted by molar-refractivity contribution is -0.171. The molecule has 0 aromatic carbocycles. The third-order valence-electron chi connectivity index (χ3n) is 7.42. The third kappa shape index (κ3) is 12.3. The number of hydrogen-bond donors (Lipinski definition) is 0. The molecular formula is C30H55NO3. The van der Waals surface area contributed by atoms with E-state index in [0.29, 0.717) is 0 Å². The number of nitrogens with zero attached hydrogens (tertiary/aromatic N) is 1. The average Bonchev–Trinajstić information content (AvgIpc) is 2.83.